The molecule has 0 saturated carbocycles. The van der Waals surface area contributed by atoms with E-state index in [9.17, 15) is 9.59 Å². The van der Waals surface area contributed by atoms with Crippen LogP contribution in [0.1, 0.15) is 27.8 Å². The fourth-order valence-corrected chi connectivity index (χ4v) is 2.06. The molecule has 2 rings (SSSR count). The fraction of sp³-hybridized carbons (Fsp3) is 0.200. The number of hydrogen-bond donors (Lipinski definition) is 0. The Bertz CT molecular complexity index is 631. The number of esters is 1. The number of nitrogens with zero attached hydrogens (tertiary/aromatic N) is 1. The zero-order valence-electron chi connectivity index (χ0n) is 11.2. The van der Waals surface area contributed by atoms with Crippen molar-refractivity contribution >= 4 is 27.7 Å². The summed E-state index contributed by atoms with van der Waals surface area (Å²) in [5.74, 6) is -0.726. The van der Waals surface area contributed by atoms with Gasteiger partial charge in [0.1, 0.15) is 5.69 Å². The van der Waals surface area contributed by atoms with Crippen molar-refractivity contribution in [2.45, 2.75) is 13.0 Å². The highest BCUT2D eigenvalue weighted by Gasteiger charge is 2.21. The summed E-state index contributed by atoms with van der Waals surface area (Å²) in [5, 5.41) is 0. The van der Waals surface area contributed by atoms with E-state index in [4.69, 9.17) is 4.74 Å². The summed E-state index contributed by atoms with van der Waals surface area (Å²) in [6.45, 7) is 1.57. The molecule has 20 heavy (non-hydrogen) atoms. The molecule has 0 aliphatic heterocycles. The van der Waals surface area contributed by atoms with E-state index in [0.29, 0.717) is 11.3 Å². The Labute approximate surface area is 125 Å². The van der Waals surface area contributed by atoms with Gasteiger partial charge in [-0.05, 0) is 31.2 Å². The minimum atomic E-state index is -0.821. The number of rotatable bonds is 4. The molecule has 0 amide bonds. The predicted octanol–water partition coefficient (Wildman–Crippen LogP) is 3.22. The lowest BCUT2D eigenvalue weighted by atomic mass is 10.1. The third-order valence-corrected chi connectivity index (χ3v) is 3.46. The fourth-order valence-electron chi connectivity index (χ4n) is 1.80. The van der Waals surface area contributed by atoms with E-state index < -0.39 is 12.1 Å². The van der Waals surface area contributed by atoms with Gasteiger partial charge >= 0.3 is 5.97 Å². The average Bonchev–Trinajstić information content (AvgIpc) is 2.85. The van der Waals surface area contributed by atoms with Crippen molar-refractivity contribution in [2.75, 3.05) is 0 Å². The van der Waals surface area contributed by atoms with Crippen LogP contribution in [0.2, 0.25) is 0 Å². The van der Waals surface area contributed by atoms with Gasteiger partial charge in [0.2, 0.25) is 5.78 Å². The normalized spacial score (nSPS) is 11.9. The van der Waals surface area contributed by atoms with Gasteiger partial charge in [-0.3, -0.25) is 4.79 Å². The maximum atomic E-state index is 12.1. The van der Waals surface area contributed by atoms with E-state index >= 15 is 0 Å². The molecule has 2 aromatic rings. The van der Waals surface area contributed by atoms with Crippen LogP contribution in [0.25, 0.3) is 0 Å². The monoisotopic (exact) mass is 335 g/mol. The van der Waals surface area contributed by atoms with E-state index in [-0.39, 0.29) is 5.78 Å². The first-order chi connectivity index (χ1) is 9.49. The average molecular weight is 336 g/mol. The van der Waals surface area contributed by atoms with Crippen molar-refractivity contribution in [3.63, 3.8) is 0 Å². The van der Waals surface area contributed by atoms with E-state index in [2.05, 4.69) is 15.9 Å². The molecule has 1 atom stereocenters. The first-order valence-electron chi connectivity index (χ1n) is 6.11. The van der Waals surface area contributed by atoms with Crippen molar-refractivity contribution in [2.24, 2.45) is 7.05 Å². The summed E-state index contributed by atoms with van der Waals surface area (Å²) in [4.78, 5) is 24.1. The summed E-state index contributed by atoms with van der Waals surface area (Å²) in [7, 11) is 1.75. The number of carbonyl (C=O) groups is 2. The van der Waals surface area contributed by atoms with Gasteiger partial charge in [0.25, 0.3) is 0 Å². The first kappa shape index (κ1) is 14.5. The quantitative estimate of drug-likeness (QED) is 0.636. The maximum absolute atomic E-state index is 12.1. The van der Waals surface area contributed by atoms with E-state index in [0.717, 1.165) is 4.47 Å². The lowest BCUT2D eigenvalue weighted by Gasteiger charge is -2.12. The zero-order chi connectivity index (χ0) is 14.7. The Hall–Kier alpha value is -1.88. The summed E-state index contributed by atoms with van der Waals surface area (Å²) in [6.07, 6.45) is 0.927. The molecule has 1 aromatic carbocycles. The van der Waals surface area contributed by atoms with Crippen LogP contribution in [0.3, 0.4) is 0 Å². The SMILES string of the molecule is C[C@@H](OC(=O)c1cccn1C)C(=O)c1ccc(Br)cc1. The van der Waals surface area contributed by atoms with Gasteiger partial charge < -0.3 is 9.30 Å². The minimum absolute atomic E-state index is 0.222. The van der Waals surface area contributed by atoms with Gasteiger partial charge in [-0.15, -0.1) is 0 Å². The van der Waals surface area contributed by atoms with Crippen LogP contribution < -0.4 is 0 Å². The summed E-state index contributed by atoms with van der Waals surface area (Å²) >= 11 is 3.31. The molecule has 1 heterocycles. The molecule has 0 aliphatic rings. The number of carbonyl (C=O) groups excluding carboxylic acids is 2. The molecular weight excluding hydrogens is 322 g/mol. The Morgan fingerprint density at radius 1 is 1.20 bits per heavy atom. The molecule has 1 aromatic heterocycles. The number of aryl methyl sites for hydroxylation is 1. The molecule has 0 unspecified atom stereocenters. The highest BCUT2D eigenvalue weighted by molar-refractivity contribution is 9.10. The van der Waals surface area contributed by atoms with E-state index in [1.807, 2.05) is 0 Å². The molecule has 104 valence electrons. The Morgan fingerprint density at radius 2 is 1.85 bits per heavy atom. The highest BCUT2D eigenvalue weighted by atomic mass is 79.9. The number of ether oxygens (including phenoxy) is 1. The number of benzene rings is 1. The predicted molar refractivity (Wildman–Crippen MR) is 78.8 cm³/mol. The van der Waals surface area contributed by atoms with Crippen LogP contribution in [0.5, 0.6) is 0 Å². The van der Waals surface area contributed by atoms with Crippen molar-refractivity contribution < 1.29 is 14.3 Å². The Balaban J connectivity index is 2.06. The summed E-state index contributed by atoms with van der Waals surface area (Å²) < 4.78 is 7.74. The van der Waals surface area contributed by atoms with Crippen LogP contribution in [-0.2, 0) is 11.8 Å². The molecular formula is C15H14BrNO3. The third kappa shape index (κ3) is 3.17. The van der Waals surface area contributed by atoms with Crippen LogP contribution in [-0.4, -0.2) is 22.4 Å². The summed E-state index contributed by atoms with van der Waals surface area (Å²) in [5.41, 5.74) is 0.931. The molecule has 0 spiro atoms. The number of aromatic nitrogens is 1. The van der Waals surface area contributed by atoms with Gasteiger partial charge in [-0.1, -0.05) is 28.1 Å². The second-order valence-electron chi connectivity index (χ2n) is 4.42. The van der Waals surface area contributed by atoms with Crippen molar-refractivity contribution in [1.29, 1.82) is 0 Å². The maximum Gasteiger partial charge on any atom is 0.355 e. The lowest BCUT2D eigenvalue weighted by Crippen LogP contribution is -2.25. The largest absolute Gasteiger partial charge is 0.450 e. The van der Waals surface area contributed by atoms with Gasteiger partial charge in [-0.25, -0.2) is 4.79 Å². The smallest absolute Gasteiger partial charge is 0.355 e. The Kier molecular flexibility index (Phi) is 4.39. The molecule has 0 aliphatic carbocycles. The van der Waals surface area contributed by atoms with E-state index in [1.54, 1.807) is 61.1 Å². The molecule has 4 nitrogen and oxygen atoms in total. The Morgan fingerprint density at radius 3 is 2.40 bits per heavy atom. The number of Topliss-reactive ketones (excluding diaryl/α,β-unsaturated/α-hetero) is 1. The molecule has 0 fully saturated rings. The molecule has 0 radical (unpaired) electrons. The third-order valence-electron chi connectivity index (χ3n) is 2.93. The van der Waals surface area contributed by atoms with Crippen molar-refractivity contribution in [3.05, 3.63) is 58.3 Å². The zero-order valence-corrected chi connectivity index (χ0v) is 12.8. The lowest BCUT2D eigenvalue weighted by molar-refractivity contribution is 0.0309. The van der Waals surface area contributed by atoms with E-state index in [1.165, 1.54) is 0 Å². The van der Waals surface area contributed by atoms with Gasteiger partial charge in [0.15, 0.2) is 6.10 Å². The van der Waals surface area contributed by atoms with Crippen LogP contribution in [0, 0.1) is 0 Å². The minimum Gasteiger partial charge on any atom is -0.450 e. The van der Waals surface area contributed by atoms with Crippen LogP contribution >= 0.6 is 15.9 Å². The second kappa shape index (κ2) is 6.05. The molecule has 0 bridgehead atoms. The van der Waals surface area contributed by atoms with Gasteiger partial charge in [0.05, 0.1) is 0 Å². The number of hydrogen-bond acceptors (Lipinski definition) is 3. The van der Waals surface area contributed by atoms with Crippen LogP contribution in [0.4, 0.5) is 0 Å². The topological polar surface area (TPSA) is 48.3 Å². The number of halogens is 1. The highest BCUT2D eigenvalue weighted by Crippen LogP contribution is 2.14. The van der Waals surface area contributed by atoms with Crippen molar-refractivity contribution in [3.8, 4) is 0 Å². The molecule has 0 saturated heterocycles. The van der Waals surface area contributed by atoms with Gasteiger partial charge in [0, 0.05) is 23.3 Å². The van der Waals surface area contributed by atoms with Gasteiger partial charge in [-0.2, -0.15) is 0 Å². The molecule has 0 N–H and O–H groups in total. The second-order valence-corrected chi connectivity index (χ2v) is 5.34. The summed E-state index contributed by atoms with van der Waals surface area (Å²) in [6, 6.07) is 10.3. The number of ketones is 1. The van der Waals surface area contributed by atoms with Crippen LogP contribution in [0.15, 0.2) is 47.1 Å². The van der Waals surface area contributed by atoms with Crippen molar-refractivity contribution in [1.82, 2.24) is 4.57 Å². The first-order valence-corrected chi connectivity index (χ1v) is 6.90. The standard InChI is InChI=1S/C15H14BrNO3/c1-10(14(18)11-5-7-12(16)8-6-11)20-15(19)13-4-3-9-17(13)2/h3-10H,1-2H3/t10-/m1/s1. The molecule has 5 heteroatoms.